The zero-order valence-electron chi connectivity index (χ0n) is 26.1. The summed E-state index contributed by atoms with van der Waals surface area (Å²) >= 11 is 6.31. The summed E-state index contributed by atoms with van der Waals surface area (Å²) in [4.78, 5) is 19.3. The lowest BCUT2D eigenvalue weighted by Gasteiger charge is -2.14. The van der Waals surface area contributed by atoms with E-state index in [4.69, 9.17) is 30.5 Å². The third-order valence-corrected chi connectivity index (χ3v) is 7.76. The largest absolute Gasteiger partial charge is 0.503 e. The molecule has 3 heterocycles. The number of esters is 1. The summed E-state index contributed by atoms with van der Waals surface area (Å²) in [5.74, 6) is -1.07. The Morgan fingerprint density at radius 2 is 1.73 bits per heavy atom. The number of ether oxygens (including phenoxy) is 4. The maximum Gasteiger partial charge on any atom is 0.433 e. The predicted molar refractivity (Wildman–Crippen MR) is 170 cm³/mol. The van der Waals surface area contributed by atoms with Crippen LogP contribution in [0.25, 0.3) is 5.57 Å². The molecule has 1 saturated heterocycles. The minimum Gasteiger partial charge on any atom is -0.503 e. The number of alkyl halides is 3. The summed E-state index contributed by atoms with van der Waals surface area (Å²) < 4.78 is 74.2. The molecule has 2 unspecified atom stereocenters. The average Bonchev–Trinajstić information content (AvgIpc) is 3.58. The van der Waals surface area contributed by atoms with E-state index >= 15 is 0 Å². The van der Waals surface area contributed by atoms with Crippen molar-refractivity contribution < 1.29 is 41.3 Å². The minimum atomic E-state index is -4.56. The van der Waals surface area contributed by atoms with Crippen LogP contribution in [0, 0.1) is 5.82 Å². The third-order valence-electron chi connectivity index (χ3n) is 7.42. The van der Waals surface area contributed by atoms with Crippen molar-refractivity contribution in [1.82, 2.24) is 19.7 Å². The van der Waals surface area contributed by atoms with Gasteiger partial charge in [-0.15, -0.1) is 0 Å². The Bertz CT molecular complexity index is 1910. The number of aromatic nitrogens is 4. The van der Waals surface area contributed by atoms with Crippen LogP contribution in [0.15, 0.2) is 110 Å². The van der Waals surface area contributed by atoms with Crippen LogP contribution < -0.4 is 4.74 Å². The van der Waals surface area contributed by atoms with Crippen molar-refractivity contribution in [1.29, 1.82) is 0 Å². The molecular formula is C35H29ClF4N4O5. The predicted octanol–water partition coefficient (Wildman–Crippen LogP) is 7.58. The number of methoxy groups -OCH3 is 2. The van der Waals surface area contributed by atoms with Gasteiger partial charge in [0, 0.05) is 16.7 Å². The Kier molecular flexibility index (Phi) is 10.9. The molecule has 2 aromatic heterocycles. The lowest BCUT2D eigenvalue weighted by molar-refractivity contribution is -0.141. The fraction of sp³-hybridized carbons (Fsp3) is 0.200. The van der Waals surface area contributed by atoms with Crippen molar-refractivity contribution in [2.75, 3.05) is 14.2 Å². The zero-order chi connectivity index (χ0) is 35.0. The molecule has 254 valence electrons. The van der Waals surface area contributed by atoms with Crippen LogP contribution in [0.4, 0.5) is 17.6 Å². The number of hydrogen-bond donors (Lipinski definition) is 0. The first-order chi connectivity index (χ1) is 23.6. The molecule has 1 fully saturated rings. The number of pyridine rings is 1. The fourth-order valence-electron chi connectivity index (χ4n) is 5.06. The second-order valence-electron chi connectivity index (χ2n) is 10.6. The summed E-state index contributed by atoms with van der Waals surface area (Å²) in [5.41, 5.74) is 1.34. The van der Waals surface area contributed by atoms with E-state index in [1.807, 2.05) is 24.3 Å². The standard InChI is InChI=1S/C18H16F3NO4.C17H13ClFN3O/c1-24-11-14(17(23)25-2)13-7-4-3-6-12(13)10-26-16-9-5-8-15(22-16)18(19,20)21;18-15-4-2-1-3-14(15)16-17(23-16,9-22-11-20-10-21-22)12-5-7-13(19)8-6-12/h3-9,11H,10H2,1-2H3;1-8,10-11,16H,9H2/b14-11+;. The van der Waals surface area contributed by atoms with E-state index < -0.39 is 23.4 Å². The molecule has 0 saturated carbocycles. The van der Waals surface area contributed by atoms with Gasteiger partial charge in [-0.1, -0.05) is 72.3 Å². The maximum absolute atomic E-state index is 13.3. The lowest BCUT2D eigenvalue weighted by Crippen LogP contribution is -2.19. The highest BCUT2D eigenvalue weighted by Crippen LogP contribution is 2.59. The van der Waals surface area contributed by atoms with Crippen LogP contribution in [-0.2, 0) is 43.9 Å². The maximum atomic E-state index is 13.3. The summed E-state index contributed by atoms with van der Waals surface area (Å²) in [6, 6.07) is 24.1. The molecule has 14 heteroatoms. The van der Waals surface area contributed by atoms with E-state index in [0.29, 0.717) is 22.7 Å². The molecule has 0 N–H and O–H groups in total. The minimum absolute atomic E-state index is 0.0947. The normalized spacial score (nSPS) is 17.0. The second kappa shape index (κ2) is 15.3. The Morgan fingerprint density at radius 1 is 1.00 bits per heavy atom. The highest BCUT2D eigenvalue weighted by atomic mass is 35.5. The number of benzene rings is 3. The number of epoxide rings is 1. The Hall–Kier alpha value is -5.27. The summed E-state index contributed by atoms with van der Waals surface area (Å²) in [7, 11) is 2.62. The van der Waals surface area contributed by atoms with Gasteiger partial charge in [-0.2, -0.15) is 18.3 Å². The number of rotatable bonds is 10. The molecule has 49 heavy (non-hydrogen) atoms. The highest BCUT2D eigenvalue weighted by Gasteiger charge is 2.59. The molecule has 0 radical (unpaired) electrons. The second-order valence-corrected chi connectivity index (χ2v) is 11.0. The van der Waals surface area contributed by atoms with Gasteiger partial charge in [0.2, 0.25) is 5.88 Å². The van der Waals surface area contributed by atoms with Crippen LogP contribution in [0.1, 0.15) is 34.1 Å². The lowest BCUT2D eigenvalue weighted by atomic mass is 9.91. The van der Waals surface area contributed by atoms with Crippen molar-refractivity contribution in [3.05, 3.63) is 149 Å². The molecule has 1 aliphatic rings. The van der Waals surface area contributed by atoms with Gasteiger partial charge >= 0.3 is 12.1 Å². The van der Waals surface area contributed by atoms with Crippen LogP contribution >= 0.6 is 11.6 Å². The van der Waals surface area contributed by atoms with Crippen molar-refractivity contribution in [3.63, 3.8) is 0 Å². The molecule has 6 rings (SSSR count). The molecule has 1 aliphatic heterocycles. The van der Waals surface area contributed by atoms with E-state index in [9.17, 15) is 22.4 Å². The van der Waals surface area contributed by atoms with Crippen LogP contribution in [0.2, 0.25) is 5.02 Å². The van der Waals surface area contributed by atoms with E-state index in [1.165, 1.54) is 51.1 Å². The van der Waals surface area contributed by atoms with Crippen LogP contribution in [0.5, 0.6) is 5.88 Å². The molecule has 0 aliphatic carbocycles. The number of nitrogens with zero attached hydrogens (tertiary/aromatic N) is 4. The van der Waals surface area contributed by atoms with E-state index in [0.717, 1.165) is 17.2 Å². The Labute approximate surface area is 283 Å². The first-order valence-corrected chi connectivity index (χ1v) is 15.0. The number of carbonyl (C=O) groups excluding carboxylic acids is 1. The van der Waals surface area contributed by atoms with Crippen molar-refractivity contribution >= 4 is 23.1 Å². The molecule has 3 aromatic carbocycles. The average molecular weight is 697 g/mol. The van der Waals surface area contributed by atoms with Gasteiger partial charge in [0.1, 0.15) is 48.1 Å². The Balaban J connectivity index is 0.000000192. The molecule has 0 spiro atoms. The smallest absolute Gasteiger partial charge is 0.433 e. The number of carbonyl (C=O) groups is 1. The topological polar surface area (TPSA) is 101 Å². The number of hydrogen-bond acceptors (Lipinski definition) is 8. The van der Waals surface area contributed by atoms with E-state index in [1.54, 1.807) is 47.4 Å². The third kappa shape index (κ3) is 8.42. The molecule has 0 amide bonds. The number of halogens is 5. The summed E-state index contributed by atoms with van der Waals surface area (Å²) in [6.07, 6.45) is -0.420. The van der Waals surface area contributed by atoms with Crippen molar-refractivity contribution in [2.24, 2.45) is 0 Å². The van der Waals surface area contributed by atoms with Gasteiger partial charge in [-0.3, -0.25) is 0 Å². The molecule has 2 atom stereocenters. The summed E-state index contributed by atoms with van der Waals surface area (Å²) in [5, 5.41) is 4.81. The van der Waals surface area contributed by atoms with Crippen LogP contribution in [-0.4, -0.2) is 39.9 Å². The highest BCUT2D eigenvalue weighted by molar-refractivity contribution is 6.31. The first-order valence-electron chi connectivity index (χ1n) is 14.6. The van der Waals surface area contributed by atoms with Gasteiger partial charge in [0.15, 0.2) is 0 Å². The fourth-order valence-corrected chi connectivity index (χ4v) is 5.29. The van der Waals surface area contributed by atoms with E-state index in [-0.39, 0.29) is 30.0 Å². The van der Waals surface area contributed by atoms with Gasteiger partial charge in [-0.05, 0) is 41.0 Å². The van der Waals surface area contributed by atoms with Crippen molar-refractivity contribution in [3.8, 4) is 5.88 Å². The molecule has 5 aromatic rings. The monoisotopic (exact) mass is 696 g/mol. The first kappa shape index (κ1) is 35.0. The van der Waals surface area contributed by atoms with Gasteiger partial charge in [0.05, 0.1) is 27.0 Å². The van der Waals surface area contributed by atoms with Gasteiger partial charge < -0.3 is 18.9 Å². The quantitative estimate of drug-likeness (QED) is 0.0485. The zero-order valence-corrected chi connectivity index (χ0v) is 26.9. The molecule has 0 bridgehead atoms. The van der Waals surface area contributed by atoms with Crippen molar-refractivity contribution in [2.45, 2.75) is 31.0 Å². The van der Waals surface area contributed by atoms with Gasteiger partial charge in [0.25, 0.3) is 0 Å². The molecular weight excluding hydrogens is 668 g/mol. The SMILES string of the molecule is CO/C=C(/C(=O)OC)c1ccccc1COc1cccc(C(F)(F)F)n1.Fc1ccc(C2(Cn3cncn3)OC2c2ccccc2Cl)cc1. The van der Waals surface area contributed by atoms with Gasteiger partial charge in [-0.25, -0.2) is 23.8 Å². The molecule has 9 nitrogen and oxygen atoms in total. The van der Waals surface area contributed by atoms with Crippen LogP contribution in [0.3, 0.4) is 0 Å². The van der Waals surface area contributed by atoms with E-state index in [2.05, 4.69) is 15.1 Å². The Morgan fingerprint density at radius 3 is 2.41 bits per heavy atom. The summed E-state index contributed by atoms with van der Waals surface area (Å²) in [6.45, 7) is 0.386.